The van der Waals surface area contributed by atoms with Gasteiger partial charge in [-0.05, 0) is 25.6 Å². The van der Waals surface area contributed by atoms with E-state index in [1.807, 2.05) is 11.9 Å². The average molecular weight is 260 g/mol. The number of anilines is 1. The normalized spacial score (nSPS) is 20.2. The Labute approximate surface area is 104 Å². The van der Waals surface area contributed by atoms with E-state index in [0.717, 1.165) is 25.2 Å². The summed E-state index contributed by atoms with van der Waals surface area (Å²) in [5, 5.41) is 3.16. The lowest BCUT2D eigenvalue weighted by atomic mass is 10.2. The van der Waals surface area contributed by atoms with Crippen molar-refractivity contribution in [3.63, 3.8) is 0 Å². The van der Waals surface area contributed by atoms with E-state index in [0.29, 0.717) is 6.04 Å². The van der Waals surface area contributed by atoms with E-state index in [-0.39, 0.29) is 5.75 Å². The molecule has 1 aromatic carbocycles. The van der Waals surface area contributed by atoms with Gasteiger partial charge in [0.15, 0.2) is 0 Å². The maximum atomic E-state index is 12.1. The number of nitrogens with one attached hydrogen (secondary N) is 1. The first-order valence-corrected chi connectivity index (χ1v) is 5.76. The zero-order valence-electron chi connectivity index (χ0n) is 10.00. The minimum absolute atomic E-state index is 0.173. The summed E-state index contributed by atoms with van der Waals surface area (Å²) < 4.78 is 40.3. The molecule has 3 nitrogen and oxygen atoms in total. The topological polar surface area (TPSA) is 24.5 Å². The minimum atomic E-state index is -4.64. The molecule has 0 radical (unpaired) electrons. The first-order valence-electron chi connectivity index (χ1n) is 5.76. The number of likely N-dealkylation sites (N-methyl/N-ethyl adjacent to an activating group) is 1. The van der Waals surface area contributed by atoms with Gasteiger partial charge in [0, 0.05) is 30.9 Å². The molecule has 1 saturated heterocycles. The molecule has 6 heteroatoms. The largest absolute Gasteiger partial charge is 0.573 e. The molecule has 0 saturated carbocycles. The number of hydrogen-bond donors (Lipinski definition) is 1. The highest BCUT2D eigenvalue weighted by atomic mass is 19.4. The Kier molecular flexibility index (Phi) is 3.65. The van der Waals surface area contributed by atoms with Crippen molar-refractivity contribution in [1.29, 1.82) is 0 Å². The average Bonchev–Trinajstić information content (AvgIpc) is 2.75. The van der Waals surface area contributed by atoms with E-state index in [1.165, 1.54) is 12.1 Å². The van der Waals surface area contributed by atoms with Gasteiger partial charge in [0.2, 0.25) is 0 Å². The lowest BCUT2D eigenvalue weighted by Crippen LogP contribution is -2.29. The lowest BCUT2D eigenvalue weighted by molar-refractivity contribution is -0.274. The number of halogens is 3. The Morgan fingerprint density at radius 2 is 2.17 bits per heavy atom. The van der Waals surface area contributed by atoms with Crippen LogP contribution >= 0.6 is 0 Å². The van der Waals surface area contributed by atoms with Crippen molar-refractivity contribution in [2.45, 2.75) is 18.8 Å². The van der Waals surface area contributed by atoms with Crippen LogP contribution in [0.2, 0.25) is 0 Å². The maximum absolute atomic E-state index is 12.1. The third kappa shape index (κ3) is 3.29. The molecular weight excluding hydrogens is 245 g/mol. The van der Waals surface area contributed by atoms with Crippen LogP contribution in [-0.4, -0.2) is 32.5 Å². The molecule has 100 valence electrons. The smallest absolute Gasteiger partial charge is 0.406 e. The summed E-state index contributed by atoms with van der Waals surface area (Å²) in [6.45, 7) is 1.63. The van der Waals surface area contributed by atoms with Crippen molar-refractivity contribution in [1.82, 2.24) is 5.32 Å². The zero-order chi connectivity index (χ0) is 13.2. The SMILES string of the molecule is CNC1CCN(c2cccc(OC(F)(F)F)c2)C1. The summed E-state index contributed by atoms with van der Waals surface area (Å²) in [6.07, 6.45) is -3.65. The lowest BCUT2D eigenvalue weighted by Gasteiger charge is -2.19. The first kappa shape index (κ1) is 13.0. The molecule has 2 rings (SSSR count). The quantitative estimate of drug-likeness (QED) is 0.903. The molecular formula is C12H15F3N2O. The van der Waals surface area contributed by atoms with Gasteiger partial charge in [-0.1, -0.05) is 6.07 Å². The van der Waals surface area contributed by atoms with E-state index >= 15 is 0 Å². The van der Waals surface area contributed by atoms with Gasteiger partial charge in [-0.3, -0.25) is 0 Å². The number of hydrogen-bond acceptors (Lipinski definition) is 3. The van der Waals surface area contributed by atoms with Gasteiger partial charge in [0.05, 0.1) is 0 Å². The molecule has 1 heterocycles. The van der Waals surface area contributed by atoms with Crippen LogP contribution in [0.15, 0.2) is 24.3 Å². The third-order valence-electron chi connectivity index (χ3n) is 3.01. The fourth-order valence-corrected chi connectivity index (χ4v) is 2.11. The summed E-state index contributed by atoms with van der Waals surface area (Å²) in [5.74, 6) is -0.173. The molecule has 1 aliphatic rings. The highest BCUT2D eigenvalue weighted by Crippen LogP contribution is 2.28. The second-order valence-electron chi connectivity index (χ2n) is 4.27. The molecule has 1 aromatic rings. The predicted octanol–water partition coefficient (Wildman–Crippen LogP) is 2.38. The summed E-state index contributed by atoms with van der Waals surface area (Å²) in [5.41, 5.74) is 0.759. The van der Waals surface area contributed by atoms with Crippen molar-refractivity contribution in [2.75, 3.05) is 25.0 Å². The standard InChI is InChI=1S/C12H15F3N2O/c1-16-9-5-6-17(8-9)10-3-2-4-11(7-10)18-12(13,14)15/h2-4,7,9,16H,5-6,8H2,1H3. The third-order valence-corrected chi connectivity index (χ3v) is 3.01. The van der Waals surface area contributed by atoms with Crippen LogP contribution in [0, 0.1) is 0 Å². The Morgan fingerprint density at radius 1 is 1.39 bits per heavy atom. The van der Waals surface area contributed by atoms with E-state index in [4.69, 9.17) is 0 Å². The van der Waals surface area contributed by atoms with Gasteiger partial charge in [-0.25, -0.2) is 0 Å². The van der Waals surface area contributed by atoms with Crippen molar-refractivity contribution in [3.8, 4) is 5.75 Å². The van der Waals surface area contributed by atoms with Crippen LogP contribution in [0.4, 0.5) is 18.9 Å². The van der Waals surface area contributed by atoms with Gasteiger partial charge in [-0.15, -0.1) is 13.2 Å². The second-order valence-corrected chi connectivity index (χ2v) is 4.27. The van der Waals surface area contributed by atoms with Crippen molar-refractivity contribution < 1.29 is 17.9 Å². The molecule has 0 bridgehead atoms. The highest BCUT2D eigenvalue weighted by molar-refractivity contribution is 5.51. The number of ether oxygens (including phenoxy) is 1. The Hall–Kier alpha value is -1.43. The second kappa shape index (κ2) is 5.06. The fraction of sp³-hybridized carbons (Fsp3) is 0.500. The zero-order valence-corrected chi connectivity index (χ0v) is 10.00. The minimum Gasteiger partial charge on any atom is -0.406 e. The van der Waals surface area contributed by atoms with Gasteiger partial charge in [0.1, 0.15) is 5.75 Å². The fourth-order valence-electron chi connectivity index (χ4n) is 2.11. The molecule has 0 aliphatic carbocycles. The summed E-state index contributed by atoms with van der Waals surface area (Å²) in [4.78, 5) is 2.05. The Bertz CT molecular complexity index is 409. The van der Waals surface area contributed by atoms with Gasteiger partial charge >= 0.3 is 6.36 Å². The van der Waals surface area contributed by atoms with Crippen LogP contribution in [-0.2, 0) is 0 Å². The highest BCUT2D eigenvalue weighted by Gasteiger charge is 2.31. The monoisotopic (exact) mass is 260 g/mol. The number of nitrogens with zero attached hydrogens (tertiary/aromatic N) is 1. The molecule has 1 unspecified atom stereocenters. The van der Waals surface area contributed by atoms with Crippen molar-refractivity contribution in [2.24, 2.45) is 0 Å². The summed E-state index contributed by atoms with van der Waals surface area (Å²) in [6, 6.07) is 6.48. The molecule has 1 fully saturated rings. The van der Waals surface area contributed by atoms with E-state index in [2.05, 4.69) is 10.1 Å². The first-order chi connectivity index (χ1) is 8.48. The molecule has 1 N–H and O–H groups in total. The molecule has 0 amide bonds. The van der Waals surface area contributed by atoms with Crippen LogP contribution < -0.4 is 15.0 Å². The predicted molar refractivity (Wildman–Crippen MR) is 62.8 cm³/mol. The molecule has 0 aromatic heterocycles. The van der Waals surface area contributed by atoms with Crippen LogP contribution in [0.3, 0.4) is 0 Å². The molecule has 0 spiro atoms. The number of rotatable bonds is 3. The molecule has 1 atom stereocenters. The van der Waals surface area contributed by atoms with Crippen molar-refractivity contribution >= 4 is 5.69 Å². The van der Waals surface area contributed by atoms with Gasteiger partial charge in [-0.2, -0.15) is 0 Å². The molecule has 1 aliphatic heterocycles. The van der Waals surface area contributed by atoms with Crippen molar-refractivity contribution in [3.05, 3.63) is 24.3 Å². The van der Waals surface area contributed by atoms with E-state index in [9.17, 15) is 13.2 Å². The number of alkyl halides is 3. The Morgan fingerprint density at radius 3 is 2.78 bits per heavy atom. The van der Waals surface area contributed by atoms with E-state index < -0.39 is 6.36 Å². The van der Waals surface area contributed by atoms with E-state index in [1.54, 1.807) is 12.1 Å². The van der Waals surface area contributed by atoms with Crippen LogP contribution in [0.5, 0.6) is 5.75 Å². The van der Waals surface area contributed by atoms with Crippen LogP contribution in [0.1, 0.15) is 6.42 Å². The van der Waals surface area contributed by atoms with Gasteiger partial charge in [0.25, 0.3) is 0 Å². The molecule has 18 heavy (non-hydrogen) atoms. The van der Waals surface area contributed by atoms with Gasteiger partial charge < -0.3 is 15.0 Å². The Balaban J connectivity index is 2.08. The summed E-state index contributed by atoms with van der Waals surface area (Å²) in [7, 11) is 1.89. The van der Waals surface area contributed by atoms with Crippen LogP contribution in [0.25, 0.3) is 0 Å². The maximum Gasteiger partial charge on any atom is 0.573 e. The summed E-state index contributed by atoms with van der Waals surface area (Å²) >= 11 is 0. The number of benzene rings is 1.